The first-order valence-electron chi connectivity index (χ1n) is 9.55. The van der Waals surface area contributed by atoms with Gasteiger partial charge in [0.2, 0.25) is 0 Å². The van der Waals surface area contributed by atoms with Crippen LogP contribution in [-0.2, 0) is 9.47 Å². The summed E-state index contributed by atoms with van der Waals surface area (Å²) in [5.74, 6) is 1.38. The number of morpholine rings is 1. The van der Waals surface area contributed by atoms with Crippen LogP contribution in [0, 0.1) is 5.92 Å². The summed E-state index contributed by atoms with van der Waals surface area (Å²) in [4.78, 5) is 6.88. The maximum atomic E-state index is 5.99. The zero-order valence-electron chi connectivity index (χ0n) is 16.3. The fraction of sp³-hybridized carbons (Fsp3) is 0.944. The number of guanidine groups is 1. The molecule has 0 aliphatic carbocycles. The first kappa shape index (κ1) is 22.9. The van der Waals surface area contributed by atoms with E-state index in [9.17, 15) is 0 Å². The number of nitrogens with zero attached hydrogens (tertiary/aromatic N) is 2. The smallest absolute Gasteiger partial charge is 0.191 e. The van der Waals surface area contributed by atoms with Crippen LogP contribution >= 0.6 is 24.0 Å². The molecule has 0 aromatic carbocycles. The van der Waals surface area contributed by atoms with Crippen molar-refractivity contribution in [2.45, 2.75) is 58.3 Å². The molecule has 3 atom stereocenters. The standard InChI is InChI=1S/C18H36N4O2.HI/c1-5-23-17(14(2)3)8-9-20-18(19-4)21-11-16-12-22-10-6-7-15(22)13-24-16;/h14-17H,5-13H2,1-4H3,(H2,19,20,21);1H. The van der Waals surface area contributed by atoms with Crippen molar-refractivity contribution in [3.63, 3.8) is 0 Å². The fourth-order valence-electron chi connectivity index (χ4n) is 3.60. The predicted molar refractivity (Wildman–Crippen MR) is 114 cm³/mol. The molecule has 25 heavy (non-hydrogen) atoms. The van der Waals surface area contributed by atoms with Gasteiger partial charge in [0.1, 0.15) is 0 Å². The van der Waals surface area contributed by atoms with Gasteiger partial charge in [0, 0.05) is 39.3 Å². The van der Waals surface area contributed by atoms with E-state index in [0.717, 1.165) is 45.2 Å². The third kappa shape index (κ3) is 7.56. The van der Waals surface area contributed by atoms with Crippen LogP contribution in [0.15, 0.2) is 4.99 Å². The molecular weight excluding hydrogens is 431 g/mol. The molecule has 0 aromatic heterocycles. The Labute approximate surface area is 170 Å². The highest BCUT2D eigenvalue weighted by Gasteiger charge is 2.32. The van der Waals surface area contributed by atoms with Gasteiger partial charge in [-0.1, -0.05) is 13.8 Å². The van der Waals surface area contributed by atoms with Gasteiger partial charge in [-0.3, -0.25) is 9.89 Å². The zero-order chi connectivity index (χ0) is 17.4. The van der Waals surface area contributed by atoms with Gasteiger partial charge < -0.3 is 20.1 Å². The average molecular weight is 468 g/mol. The summed E-state index contributed by atoms with van der Waals surface area (Å²) >= 11 is 0. The van der Waals surface area contributed by atoms with E-state index in [1.54, 1.807) is 0 Å². The van der Waals surface area contributed by atoms with Crippen LogP contribution in [0.1, 0.15) is 40.0 Å². The Morgan fingerprint density at radius 1 is 1.36 bits per heavy atom. The van der Waals surface area contributed by atoms with E-state index in [0.29, 0.717) is 18.1 Å². The summed E-state index contributed by atoms with van der Waals surface area (Å²) in [6.07, 6.45) is 4.15. The van der Waals surface area contributed by atoms with Crippen molar-refractivity contribution < 1.29 is 9.47 Å². The van der Waals surface area contributed by atoms with Crippen molar-refractivity contribution >= 4 is 29.9 Å². The van der Waals surface area contributed by atoms with Gasteiger partial charge in [-0.25, -0.2) is 0 Å². The van der Waals surface area contributed by atoms with Crippen molar-refractivity contribution in [2.24, 2.45) is 10.9 Å². The van der Waals surface area contributed by atoms with Crippen LogP contribution in [-0.4, -0.2) is 75.5 Å². The summed E-state index contributed by atoms with van der Waals surface area (Å²) in [5.41, 5.74) is 0. The van der Waals surface area contributed by atoms with Crippen LogP contribution in [0.3, 0.4) is 0 Å². The summed E-state index contributed by atoms with van der Waals surface area (Å²) in [6.45, 7) is 12.1. The minimum Gasteiger partial charge on any atom is -0.378 e. The van der Waals surface area contributed by atoms with Gasteiger partial charge >= 0.3 is 0 Å². The fourth-order valence-corrected chi connectivity index (χ4v) is 3.60. The second-order valence-electron chi connectivity index (χ2n) is 7.15. The minimum absolute atomic E-state index is 0. The van der Waals surface area contributed by atoms with Gasteiger partial charge in [-0.2, -0.15) is 0 Å². The molecule has 0 spiro atoms. The predicted octanol–water partition coefficient (Wildman–Crippen LogP) is 2.08. The number of fused-ring (bicyclic) bond motifs is 1. The summed E-state index contributed by atoms with van der Waals surface area (Å²) in [7, 11) is 1.82. The Bertz CT molecular complexity index is 395. The molecular formula is C18H37IN4O2. The minimum atomic E-state index is 0. The summed E-state index contributed by atoms with van der Waals surface area (Å²) in [5, 5.41) is 6.79. The van der Waals surface area contributed by atoms with Crippen LogP contribution in [0.4, 0.5) is 0 Å². The molecule has 0 bridgehead atoms. The molecule has 3 unspecified atom stereocenters. The van der Waals surface area contributed by atoms with Gasteiger partial charge in [-0.15, -0.1) is 24.0 Å². The quantitative estimate of drug-likeness (QED) is 0.325. The van der Waals surface area contributed by atoms with Crippen LogP contribution in [0.5, 0.6) is 0 Å². The van der Waals surface area contributed by atoms with Gasteiger partial charge in [-0.05, 0) is 38.6 Å². The van der Waals surface area contributed by atoms with Crippen LogP contribution in [0.2, 0.25) is 0 Å². The molecule has 0 amide bonds. The van der Waals surface area contributed by atoms with Gasteiger partial charge in [0.05, 0.1) is 18.8 Å². The molecule has 2 aliphatic heterocycles. The molecule has 2 N–H and O–H groups in total. The lowest BCUT2D eigenvalue weighted by atomic mass is 10.0. The van der Waals surface area contributed by atoms with Crippen molar-refractivity contribution in [3.8, 4) is 0 Å². The SMILES string of the molecule is CCOC(CCNC(=NC)NCC1CN2CCCC2CO1)C(C)C.I. The highest BCUT2D eigenvalue weighted by atomic mass is 127. The lowest BCUT2D eigenvalue weighted by Crippen LogP contribution is -2.51. The van der Waals surface area contributed by atoms with E-state index in [2.05, 4.69) is 41.3 Å². The normalized spacial score (nSPS) is 25.4. The van der Waals surface area contributed by atoms with Crippen molar-refractivity contribution in [3.05, 3.63) is 0 Å². The van der Waals surface area contributed by atoms with E-state index in [4.69, 9.17) is 9.47 Å². The Hall–Kier alpha value is -0.120. The molecule has 2 saturated heterocycles. The number of rotatable bonds is 8. The number of halogens is 1. The lowest BCUT2D eigenvalue weighted by molar-refractivity contribution is -0.0453. The van der Waals surface area contributed by atoms with Crippen LogP contribution < -0.4 is 10.6 Å². The Morgan fingerprint density at radius 2 is 2.16 bits per heavy atom. The molecule has 0 radical (unpaired) electrons. The molecule has 0 aromatic rings. The Balaban J connectivity index is 0.00000312. The third-order valence-electron chi connectivity index (χ3n) is 5.03. The summed E-state index contributed by atoms with van der Waals surface area (Å²) < 4.78 is 11.8. The molecule has 2 fully saturated rings. The van der Waals surface area contributed by atoms with Crippen molar-refractivity contribution in [1.82, 2.24) is 15.5 Å². The monoisotopic (exact) mass is 468 g/mol. The van der Waals surface area contributed by atoms with E-state index < -0.39 is 0 Å². The Morgan fingerprint density at radius 3 is 2.84 bits per heavy atom. The van der Waals surface area contributed by atoms with Crippen LogP contribution in [0.25, 0.3) is 0 Å². The number of hydrogen-bond donors (Lipinski definition) is 2. The molecule has 0 saturated carbocycles. The number of ether oxygens (including phenoxy) is 2. The maximum Gasteiger partial charge on any atom is 0.191 e. The molecule has 2 aliphatic rings. The average Bonchev–Trinajstić information content (AvgIpc) is 3.04. The highest BCUT2D eigenvalue weighted by molar-refractivity contribution is 14.0. The lowest BCUT2D eigenvalue weighted by Gasteiger charge is -2.35. The second-order valence-corrected chi connectivity index (χ2v) is 7.15. The van der Waals surface area contributed by atoms with E-state index in [1.165, 1.54) is 19.4 Å². The van der Waals surface area contributed by atoms with E-state index in [-0.39, 0.29) is 30.1 Å². The molecule has 7 heteroatoms. The molecule has 2 heterocycles. The topological polar surface area (TPSA) is 58.1 Å². The molecule has 2 rings (SSSR count). The largest absolute Gasteiger partial charge is 0.378 e. The number of hydrogen-bond acceptors (Lipinski definition) is 4. The van der Waals surface area contributed by atoms with Crippen molar-refractivity contribution in [2.75, 3.05) is 46.4 Å². The van der Waals surface area contributed by atoms with Gasteiger partial charge in [0.25, 0.3) is 0 Å². The van der Waals surface area contributed by atoms with Gasteiger partial charge in [0.15, 0.2) is 5.96 Å². The first-order valence-corrected chi connectivity index (χ1v) is 9.55. The summed E-state index contributed by atoms with van der Waals surface area (Å²) in [6, 6.07) is 0.658. The molecule has 6 nitrogen and oxygen atoms in total. The number of aliphatic imine (C=N–C) groups is 1. The highest BCUT2D eigenvalue weighted by Crippen LogP contribution is 2.22. The van der Waals surface area contributed by atoms with Crippen molar-refractivity contribution in [1.29, 1.82) is 0 Å². The van der Waals surface area contributed by atoms with E-state index in [1.807, 2.05) is 7.05 Å². The first-order chi connectivity index (χ1) is 11.6. The third-order valence-corrected chi connectivity index (χ3v) is 5.03. The van der Waals surface area contributed by atoms with E-state index >= 15 is 0 Å². The second kappa shape index (κ2) is 12.3. The molecule has 148 valence electrons. The Kier molecular flexibility index (Phi) is 11.3. The zero-order valence-corrected chi connectivity index (χ0v) is 18.6. The maximum absolute atomic E-state index is 5.99. The number of nitrogens with one attached hydrogen (secondary N) is 2.